The molecule has 0 aliphatic carbocycles. The summed E-state index contributed by atoms with van der Waals surface area (Å²) in [5.74, 6) is -0.182. The molecule has 0 spiro atoms. The molecule has 0 radical (unpaired) electrons. The van der Waals surface area contributed by atoms with Crippen molar-refractivity contribution < 1.29 is 14.3 Å². The smallest absolute Gasteiger partial charge is 0.308 e. The van der Waals surface area contributed by atoms with E-state index >= 15 is 0 Å². The van der Waals surface area contributed by atoms with Gasteiger partial charge >= 0.3 is 5.97 Å². The Morgan fingerprint density at radius 1 is 1.00 bits per heavy atom. The number of hydrogen-bond donors (Lipinski definition) is 0. The molecule has 0 aromatic rings. The molecule has 0 aliphatic rings. The lowest BCUT2D eigenvalue weighted by atomic mass is 10.1. The zero-order chi connectivity index (χ0) is 12.8. The SMILES string of the molecule is CCC(C)(C)OCCC(=O)OC(C)(C)CC. The largest absolute Gasteiger partial charge is 0.460 e. The van der Waals surface area contributed by atoms with Crippen molar-refractivity contribution in [3.05, 3.63) is 0 Å². The lowest BCUT2D eigenvalue weighted by molar-refractivity contribution is -0.159. The van der Waals surface area contributed by atoms with E-state index in [0.29, 0.717) is 13.0 Å². The number of esters is 1. The van der Waals surface area contributed by atoms with Crippen LogP contribution in [0.5, 0.6) is 0 Å². The standard InChI is InChI=1S/C13H26O3/c1-7-12(3,4)15-10-9-11(14)16-13(5,6)8-2/h7-10H2,1-6H3. The van der Waals surface area contributed by atoms with Crippen molar-refractivity contribution in [2.75, 3.05) is 6.61 Å². The number of hydrogen-bond acceptors (Lipinski definition) is 3. The average Bonchev–Trinajstić information content (AvgIpc) is 2.17. The fourth-order valence-corrected chi connectivity index (χ4v) is 0.944. The van der Waals surface area contributed by atoms with E-state index in [4.69, 9.17) is 9.47 Å². The second-order valence-corrected chi connectivity index (χ2v) is 5.30. The van der Waals surface area contributed by atoms with Gasteiger partial charge in [-0.25, -0.2) is 0 Å². The molecule has 0 unspecified atom stereocenters. The van der Waals surface area contributed by atoms with Crippen LogP contribution in [0, 0.1) is 0 Å². The van der Waals surface area contributed by atoms with Crippen LogP contribution in [0.4, 0.5) is 0 Å². The molecular formula is C13H26O3. The Bertz CT molecular complexity index is 219. The molecule has 0 bridgehead atoms. The maximum Gasteiger partial charge on any atom is 0.308 e. The molecule has 0 N–H and O–H groups in total. The molecule has 0 aliphatic heterocycles. The second kappa shape index (κ2) is 6.24. The summed E-state index contributed by atoms with van der Waals surface area (Å²) in [6.45, 7) is 12.4. The van der Waals surface area contributed by atoms with Crippen LogP contribution in [0.15, 0.2) is 0 Å². The third-order valence-electron chi connectivity index (χ3n) is 2.89. The average molecular weight is 230 g/mol. The Balaban J connectivity index is 3.83. The normalized spacial score (nSPS) is 12.6. The minimum absolute atomic E-state index is 0.152. The molecule has 0 aromatic carbocycles. The van der Waals surface area contributed by atoms with Crippen LogP contribution in [0.25, 0.3) is 0 Å². The van der Waals surface area contributed by atoms with E-state index < -0.39 is 0 Å². The molecule has 96 valence electrons. The summed E-state index contributed by atoms with van der Waals surface area (Å²) >= 11 is 0. The topological polar surface area (TPSA) is 35.5 Å². The fourth-order valence-electron chi connectivity index (χ4n) is 0.944. The summed E-state index contributed by atoms with van der Waals surface area (Å²) < 4.78 is 10.9. The monoisotopic (exact) mass is 230 g/mol. The highest BCUT2D eigenvalue weighted by atomic mass is 16.6. The van der Waals surface area contributed by atoms with Gasteiger partial charge in [-0.05, 0) is 40.5 Å². The van der Waals surface area contributed by atoms with Gasteiger partial charge < -0.3 is 9.47 Å². The lowest BCUT2D eigenvalue weighted by Gasteiger charge is -2.25. The Hall–Kier alpha value is -0.570. The van der Waals surface area contributed by atoms with Crippen molar-refractivity contribution in [1.82, 2.24) is 0 Å². The van der Waals surface area contributed by atoms with Crippen molar-refractivity contribution in [2.45, 2.75) is 72.0 Å². The predicted octanol–water partition coefficient (Wildman–Crippen LogP) is 3.31. The predicted molar refractivity (Wildman–Crippen MR) is 65.4 cm³/mol. The van der Waals surface area contributed by atoms with Crippen molar-refractivity contribution in [3.8, 4) is 0 Å². The molecule has 3 heteroatoms. The van der Waals surface area contributed by atoms with Crippen LogP contribution >= 0.6 is 0 Å². The number of rotatable bonds is 7. The van der Waals surface area contributed by atoms with Gasteiger partial charge in [-0.1, -0.05) is 13.8 Å². The number of carbonyl (C=O) groups is 1. The number of ether oxygens (including phenoxy) is 2. The van der Waals surface area contributed by atoms with E-state index in [9.17, 15) is 4.79 Å². The van der Waals surface area contributed by atoms with Crippen LogP contribution in [0.2, 0.25) is 0 Å². The third-order valence-corrected chi connectivity index (χ3v) is 2.89. The quantitative estimate of drug-likeness (QED) is 0.629. The molecule has 0 saturated carbocycles. The van der Waals surface area contributed by atoms with E-state index in [1.54, 1.807) is 0 Å². The van der Waals surface area contributed by atoms with Gasteiger partial charge in [-0.2, -0.15) is 0 Å². The number of carbonyl (C=O) groups excluding carboxylic acids is 1. The Kier molecular flexibility index (Phi) is 6.01. The zero-order valence-corrected chi connectivity index (χ0v) is 11.6. The molecule has 3 nitrogen and oxygen atoms in total. The van der Waals surface area contributed by atoms with E-state index in [1.165, 1.54) is 0 Å². The van der Waals surface area contributed by atoms with Crippen molar-refractivity contribution in [2.24, 2.45) is 0 Å². The van der Waals surface area contributed by atoms with Crippen LogP contribution in [-0.4, -0.2) is 23.8 Å². The maximum absolute atomic E-state index is 11.5. The minimum atomic E-state index is -0.364. The molecule has 0 amide bonds. The van der Waals surface area contributed by atoms with E-state index in [0.717, 1.165) is 12.8 Å². The molecule has 0 heterocycles. The van der Waals surface area contributed by atoms with Crippen LogP contribution < -0.4 is 0 Å². The van der Waals surface area contributed by atoms with Gasteiger partial charge in [0, 0.05) is 0 Å². The van der Waals surface area contributed by atoms with Gasteiger partial charge in [0.1, 0.15) is 5.60 Å². The van der Waals surface area contributed by atoms with Crippen LogP contribution in [-0.2, 0) is 14.3 Å². The van der Waals surface area contributed by atoms with E-state index in [-0.39, 0.29) is 17.2 Å². The van der Waals surface area contributed by atoms with Crippen molar-refractivity contribution >= 4 is 5.97 Å². The van der Waals surface area contributed by atoms with Gasteiger partial charge in [0.15, 0.2) is 0 Å². The lowest BCUT2D eigenvalue weighted by Crippen LogP contribution is -2.29. The fraction of sp³-hybridized carbons (Fsp3) is 0.923. The summed E-state index contributed by atoms with van der Waals surface area (Å²) in [5, 5.41) is 0. The van der Waals surface area contributed by atoms with Gasteiger partial charge in [-0.3, -0.25) is 4.79 Å². The summed E-state index contributed by atoms with van der Waals surface area (Å²) in [4.78, 5) is 11.5. The van der Waals surface area contributed by atoms with Gasteiger partial charge in [0.25, 0.3) is 0 Å². The van der Waals surface area contributed by atoms with Gasteiger partial charge in [-0.15, -0.1) is 0 Å². The van der Waals surface area contributed by atoms with E-state index in [1.807, 2.05) is 34.6 Å². The Morgan fingerprint density at radius 3 is 1.94 bits per heavy atom. The first-order chi connectivity index (χ1) is 7.22. The Morgan fingerprint density at radius 2 is 1.50 bits per heavy atom. The molecular weight excluding hydrogens is 204 g/mol. The van der Waals surface area contributed by atoms with E-state index in [2.05, 4.69) is 6.92 Å². The molecule has 0 saturated heterocycles. The van der Waals surface area contributed by atoms with Gasteiger partial charge in [0.2, 0.25) is 0 Å². The highest BCUT2D eigenvalue weighted by molar-refractivity contribution is 5.69. The summed E-state index contributed by atoms with van der Waals surface area (Å²) in [7, 11) is 0. The van der Waals surface area contributed by atoms with Crippen molar-refractivity contribution in [1.29, 1.82) is 0 Å². The maximum atomic E-state index is 11.5. The van der Waals surface area contributed by atoms with Crippen LogP contribution in [0.1, 0.15) is 60.8 Å². The molecule has 16 heavy (non-hydrogen) atoms. The molecule has 0 aromatic heterocycles. The van der Waals surface area contributed by atoms with Crippen molar-refractivity contribution in [3.63, 3.8) is 0 Å². The first-order valence-electron chi connectivity index (χ1n) is 6.08. The first-order valence-corrected chi connectivity index (χ1v) is 6.08. The summed E-state index contributed by atoms with van der Waals surface area (Å²) in [5.41, 5.74) is -0.516. The van der Waals surface area contributed by atoms with Gasteiger partial charge in [0.05, 0.1) is 18.6 Å². The summed E-state index contributed by atoms with van der Waals surface area (Å²) in [6, 6.07) is 0. The third kappa shape index (κ3) is 6.83. The van der Waals surface area contributed by atoms with Crippen LogP contribution in [0.3, 0.4) is 0 Å². The molecule has 0 rings (SSSR count). The zero-order valence-electron chi connectivity index (χ0n) is 11.6. The summed E-state index contributed by atoms with van der Waals surface area (Å²) in [6.07, 6.45) is 2.08. The minimum Gasteiger partial charge on any atom is -0.460 e. The Labute approximate surface area is 99.5 Å². The molecule has 0 fully saturated rings. The first kappa shape index (κ1) is 15.4. The highest BCUT2D eigenvalue weighted by Gasteiger charge is 2.21. The second-order valence-electron chi connectivity index (χ2n) is 5.30. The molecule has 0 atom stereocenters. The highest BCUT2D eigenvalue weighted by Crippen LogP contribution is 2.16.